The van der Waals surface area contributed by atoms with E-state index in [2.05, 4.69) is 15.2 Å². The number of alkyl halides is 3. The number of halogens is 4. The second-order valence-corrected chi connectivity index (χ2v) is 9.56. The molecule has 0 saturated heterocycles. The van der Waals surface area contributed by atoms with Crippen LogP contribution < -0.4 is 4.72 Å². The Kier molecular flexibility index (Phi) is 5.90. The Morgan fingerprint density at radius 2 is 1.97 bits per heavy atom. The van der Waals surface area contributed by atoms with E-state index in [4.69, 9.17) is 0 Å². The molecule has 182 valence electrons. The minimum Gasteiger partial charge on any atom is -0.303 e. The van der Waals surface area contributed by atoms with Gasteiger partial charge in [0.2, 0.25) is 10.0 Å². The first kappa shape index (κ1) is 24.4. The summed E-state index contributed by atoms with van der Waals surface area (Å²) in [7, 11) is -4.75. The van der Waals surface area contributed by atoms with Gasteiger partial charge in [-0.15, -0.1) is 0 Å². The first-order valence-corrected chi connectivity index (χ1v) is 11.6. The fourth-order valence-electron chi connectivity index (χ4n) is 3.73. The van der Waals surface area contributed by atoms with E-state index >= 15 is 0 Å². The minimum absolute atomic E-state index is 0.0300. The Labute approximate surface area is 197 Å². The Hall–Kier alpha value is -3.76. The normalized spacial score (nSPS) is 13.2. The van der Waals surface area contributed by atoms with Crippen molar-refractivity contribution in [3.8, 4) is 23.1 Å². The molecule has 4 rings (SSSR count). The van der Waals surface area contributed by atoms with E-state index in [1.54, 1.807) is 11.6 Å². The van der Waals surface area contributed by atoms with Crippen molar-refractivity contribution < 1.29 is 26.0 Å². The van der Waals surface area contributed by atoms with Crippen molar-refractivity contribution in [2.75, 3.05) is 0 Å². The van der Waals surface area contributed by atoms with E-state index in [0.29, 0.717) is 23.8 Å². The summed E-state index contributed by atoms with van der Waals surface area (Å²) in [5, 5.41) is 16.9. The number of aromatic amines is 1. The van der Waals surface area contributed by atoms with Gasteiger partial charge in [0.1, 0.15) is 28.5 Å². The lowest BCUT2D eigenvalue weighted by atomic mass is 10.1. The van der Waals surface area contributed by atoms with E-state index < -0.39 is 33.0 Å². The summed E-state index contributed by atoms with van der Waals surface area (Å²) >= 11 is 0. The number of hydrogen-bond donors (Lipinski definition) is 2. The third-order valence-electron chi connectivity index (χ3n) is 5.51. The number of rotatable bonds is 5. The number of pyridine rings is 1. The van der Waals surface area contributed by atoms with E-state index in [-0.39, 0.29) is 27.9 Å². The molecule has 1 atom stereocenters. The highest BCUT2D eigenvalue weighted by Crippen LogP contribution is 2.39. The third kappa shape index (κ3) is 4.15. The lowest BCUT2D eigenvalue weighted by Gasteiger charge is -2.19. The molecular formula is C22H18F4N6O2S. The number of benzene rings is 1. The summed E-state index contributed by atoms with van der Waals surface area (Å²) in [6, 6.07) is 4.58. The predicted molar refractivity (Wildman–Crippen MR) is 119 cm³/mol. The fraction of sp³-hybridized carbons (Fsp3) is 0.227. The van der Waals surface area contributed by atoms with Gasteiger partial charge in [0.15, 0.2) is 0 Å². The van der Waals surface area contributed by atoms with Gasteiger partial charge in [0, 0.05) is 17.8 Å². The van der Waals surface area contributed by atoms with E-state index in [1.165, 1.54) is 36.0 Å². The molecule has 0 unspecified atom stereocenters. The number of hydrogen-bond acceptors (Lipinski definition) is 5. The van der Waals surface area contributed by atoms with E-state index in [1.807, 2.05) is 6.07 Å². The summed E-state index contributed by atoms with van der Waals surface area (Å²) in [6.45, 7) is 3.86. The molecule has 0 saturated carbocycles. The average molecular weight is 506 g/mol. The lowest BCUT2D eigenvalue weighted by molar-refractivity contribution is -0.147. The summed E-state index contributed by atoms with van der Waals surface area (Å²) in [6.07, 6.45) is -2.08. The zero-order valence-corrected chi connectivity index (χ0v) is 19.4. The zero-order valence-electron chi connectivity index (χ0n) is 18.6. The van der Waals surface area contributed by atoms with Gasteiger partial charge in [-0.05, 0) is 50.6 Å². The van der Waals surface area contributed by atoms with E-state index in [9.17, 15) is 31.2 Å². The second-order valence-electron chi connectivity index (χ2n) is 7.88. The lowest BCUT2D eigenvalue weighted by Crippen LogP contribution is -2.43. The molecule has 0 radical (unpaired) electrons. The highest BCUT2D eigenvalue weighted by Gasteiger charge is 2.40. The van der Waals surface area contributed by atoms with Gasteiger partial charge in [-0.2, -0.15) is 28.3 Å². The standard InChI is InChI=1S/C22H18F4N6O2S/c1-11-7-17-14(8-16(11)23)15(9-27)21(32(17)18-10-29-30-12(18)2)20-19(5-4-6-28-20)35(33,34)31-13(3)22(24,25)26/h4-8,10,13,31H,1-3H3,(H,29,30)/t13-/m0/s1. The predicted octanol–water partition coefficient (Wildman–Crippen LogP) is 4.27. The highest BCUT2D eigenvalue weighted by molar-refractivity contribution is 7.89. The van der Waals surface area contributed by atoms with Gasteiger partial charge >= 0.3 is 6.18 Å². The van der Waals surface area contributed by atoms with E-state index in [0.717, 1.165) is 12.1 Å². The van der Waals surface area contributed by atoms with Gasteiger partial charge < -0.3 is 4.57 Å². The van der Waals surface area contributed by atoms with Gasteiger partial charge in [0.25, 0.3) is 0 Å². The number of sulfonamides is 1. The second kappa shape index (κ2) is 8.47. The molecule has 0 aliphatic rings. The first-order chi connectivity index (χ1) is 16.4. The summed E-state index contributed by atoms with van der Waals surface area (Å²) in [5.74, 6) is -0.587. The van der Waals surface area contributed by atoms with Crippen LogP contribution in [0.5, 0.6) is 0 Å². The van der Waals surface area contributed by atoms with Gasteiger partial charge in [-0.1, -0.05) is 0 Å². The number of nitriles is 1. The van der Waals surface area contributed by atoms with Crippen LogP contribution in [0, 0.1) is 31.0 Å². The molecule has 2 N–H and O–H groups in total. The molecule has 3 heterocycles. The van der Waals surface area contributed by atoms with Gasteiger partial charge in [0.05, 0.1) is 28.2 Å². The number of fused-ring (bicyclic) bond motifs is 1. The van der Waals surface area contributed by atoms with Crippen molar-refractivity contribution in [1.82, 2.24) is 24.5 Å². The molecule has 0 aliphatic carbocycles. The number of H-pyrrole nitrogens is 1. The monoisotopic (exact) mass is 506 g/mol. The largest absolute Gasteiger partial charge is 0.404 e. The molecule has 3 aromatic heterocycles. The van der Waals surface area contributed by atoms with Crippen molar-refractivity contribution in [2.45, 2.75) is 37.9 Å². The Bertz CT molecular complexity index is 1600. The molecule has 0 spiro atoms. The Balaban J connectivity index is 2.10. The molecule has 13 heteroatoms. The minimum atomic E-state index is -4.83. The van der Waals surface area contributed by atoms with Crippen LogP contribution in [0.4, 0.5) is 17.6 Å². The summed E-state index contributed by atoms with van der Waals surface area (Å²) in [4.78, 5) is 3.56. The van der Waals surface area contributed by atoms with Crippen molar-refractivity contribution in [2.24, 2.45) is 0 Å². The number of nitrogens with zero attached hydrogens (tertiary/aromatic N) is 4. The summed E-state index contributed by atoms with van der Waals surface area (Å²) in [5.41, 5.74) is 1.12. The maximum Gasteiger partial charge on any atom is 0.404 e. The van der Waals surface area contributed by atoms with Crippen LogP contribution in [-0.2, 0) is 10.0 Å². The third-order valence-corrected chi connectivity index (χ3v) is 7.08. The smallest absolute Gasteiger partial charge is 0.303 e. The van der Waals surface area contributed by atoms with Crippen molar-refractivity contribution >= 4 is 20.9 Å². The molecule has 1 aromatic carbocycles. The Morgan fingerprint density at radius 3 is 2.57 bits per heavy atom. The van der Waals surface area contributed by atoms with Crippen LogP contribution in [-0.4, -0.2) is 40.4 Å². The van der Waals surface area contributed by atoms with Crippen LogP contribution in [0.1, 0.15) is 23.7 Å². The molecule has 8 nitrogen and oxygen atoms in total. The van der Waals surface area contributed by atoms with Crippen molar-refractivity contribution in [3.63, 3.8) is 0 Å². The maximum absolute atomic E-state index is 14.5. The SMILES string of the molecule is Cc1cc2c(cc1F)c(C#N)c(-c1ncccc1S(=O)(=O)N[C@@H](C)C(F)(F)F)n2-c1c[nH]nc1C. The molecule has 0 aliphatic heterocycles. The van der Waals surface area contributed by atoms with Crippen molar-refractivity contribution in [1.29, 1.82) is 5.26 Å². The quantitative estimate of drug-likeness (QED) is 0.392. The number of aromatic nitrogens is 4. The molecule has 0 bridgehead atoms. The zero-order chi connectivity index (χ0) is 25.7. The molecule has 0 amide bonds. The molecule has 4 aromatic rings. The maximum atomic E-state index is 14.5. The number of nitrogens with one attached hydrogen (secondary N) is 2. The van der Waals surface area contributed by atoms with Crippen LogP contribution in [0.3, 0.4) is 0 Å². The topological polar surface area (TPSA) is 116 Å². The number of aryl methyl sites for hydroxylation is 2. The van der Waals surface area contributed by atoms with Gasteiger partial charge in [-0.3, -0.25) is 10.1 Å². The fourth-order valence-corrected chi connectivity index (χ4v) is 5.11. The molecule has 35 heavy (non-hydrogen) atoms. The molecular weight excluding hydrogens is 488 g/mol. The molecule has 0 fully saturated rings. The van der Waals surface area contributed by atoms with Crippen LogP contribution in [0.25, 0.3) is 28.0 Å². The van der Waals surface area contributed by atoms with Crippen LogP contribution in [0.2, 0.25) is 0 Å². The average Bonchev–Trinajstić information content (AvgIpc) is 3.33. The van der Waals surface area contributed by atoms with Crippen LogP contribution in [0.15, 0.2) is 41.6 Å². The Morgan fingerprint density at radius 1 is 1.26 bits per heavy atom. The van der Waals surface area contributed by atoms with Gasteiger partial charge in [-0.25, -0.2) is 12.8 Å². The first-order valence-electron chi connectivity index (χ1n) is 10.2. The van der Waals surface area contributed by atoms with Crippen LogP contribution >= 0.6 is 0 Å². The highest BCUT2D eigenvalue weighted by atomic mass is 32.2. The summed E-state index contributed by atoms with van der Waals surface area (Å²) < 4.78 is 83.0. The van der Waals surface area contributed by atoms with Crippen molar-refractivity contribution in [3.05, 3.63) is 59.3 Å².